The molecule has 104 valence electrons. The van der Waals surface area contributed by atoms with Crippen molar-refractivity contribution >= 4 is 21.8 Å². The maximum atomic E-state index is 12.4. The standard InChI is InChI=1S/C14H20BrN3O/c1-11(2)10-17-6-8-18(9-7-17)14(19)12-4-3-5-16-13(12)15/h3-5,11H,6-10H2,1-2H3. The van der Waals surface area contributed by atoms with Crippen molar-refractivity contribution in [3.8, 4) is 0 Å². The first-order valence-electron chi connectivity index (χ1n) is 6.70. The van der Waals surface area contributed by atoms with Gasteiger partial charge >= 0.3 is 0 Å². The Morgan fingerprint density at radius 3 is 2.63 bits per heavy atom. The van der Waals surface area contributed by atoms with Crippen molar-refractivity contribution in [2.24, 2.45) is 5.92 Å². The predicted molar refractivity (Wildman–Crippen MR) is 79.1 cm³/mol. The van der Waals surface area contributed by atoms with Crippen molar-refractivity contribution < 1.29 is 4.79 Å². The van der Waals surface area contributed by atoms with E-state index in [1.807, 2.05) is 11.0 Å². The van der Waals surface area contributed by atoms with Crippen LogP contribution < -0.4 is 0 Å². The summed E-state index contributed by atoms with van der Waals surface area (Å²) in [7, 11) is 0. The molecule has 2 heterocycles. The fourth-order valence-corrected chi connectivity index (χ4v) is 2.79. The number of hydrogen-bond acceptors (Lipinski definition) is 3. The Balaban J connectivity index is 1.95. The summed E-state index contributed by atoms with van der Waals surface area (Å²) in [5.74, 6) is 0.749. The molecule has 1 fully saturated rings. The van der Waals surface area contributed by atoms with E-state index in [-0.39, 0.29) is 5.91 Å². The van der Waals surface area contributed by atoms with Gasteiger partial charge in [0.05, 0.1) is 5.56 Å². The monoisotopic (exact) mass is 325 g/mol. The summed E-state index contributed by atoms with van der Waals surface area (Å²) in [5.41, 5.74) is 0.653. The largest absolute Gasteiger partial charge is 0.336 e. The van der Waals surface area contributed by atoms with Crippen LogP contribution in [0.5, 0.6) is 0 Å². The SMILES string of the molecule is CC(C)CN1CCN(C(=O)c2cccnc2Br)CC1. The lowest BCUT2D eigenvalue weighted by molar-refractivity contribution is 0.0622. The number of nitrogens with zero attached hydrogens (tertiary/aromatic N) is 3. The fraction of sp³-hybridized carbons (Fsp3) is 0.571. The first-order valence-corrected chi connectivity index (χ1v) is 7.49. The first-order chi connectivity index (χ1) is 9.08. The van der Waals surface area contributed by atoms with Crippen molar-refractivity contribution in [3.63, 3.8) is 0 Å². The molecule has 0 spiro atoms. The second kappa shape index (κ2) is 6.48. The minimum Gasteiger partial charge on any atom is -0.336 e. The van der Waals surface area contributed by atoms with Crippen LogP contribution >= 0.6 is 15.9 Å². The minimum atomic E-state index is 0.0733. The molecule has 0 N–H and O–H groups in total. The molecule has 0 aliphatic carbocycles. The van der Waals surface area contributed by atoms with Gasteiger partial charge < -0.3 is 4.90 Å². The summed E-state index contributed by atoms with van der Waals surface area (Å²) >= 11 is 3.34. The van der Waals surface area contributed by atoms with Gasteiger partial charge in [-0.3, -0.25) is 9.69 Å². The van der Waals surface area contributed by atoms with Gasteiger partial charge in [0, 0.05) is 38.9 Å². The van der Waals surface area contributed by atoms with Gasteiger partial charge in [-0.25, -0.2) is 4.98 Å². The van der Waals surface area contributed by atoms with E-state index in [1.54, 1.807) is 12.3 Å². The van der Waals surface area contributed by atoms with E-state index in [4.69, 9.17) is 0 Å². The molecule has 5 heteroatoms. The van der Waals surface area contributed by atoms with Crippen molar-refractivity contribution in [2.45, 2.75) is 13.8 Å². The highest BCUT2D eigenvalue weighted by Gasteiger charge is 2.23. The molecule has 19 heavy (non-hydrogen) atoms. The lowest BCUT2D eigenvalue weighted by atomic mass is 10.1. The Labute approximate surface area is 122 Å². The maximum absolute atomic E-state index is 12.4. The number of pyridine rings is 1. The first kappa shape index (κ1) is 14.5. The molecule has 1 aromatic rings. The van der Waals surface area contributed by atoms with E-state index in [0.717, 1.165) is 32.7 Å². The third-order valence-corrected chi connectivity index (χ3v) is 3.90. The van der Waals surface area contributed by atoms with Crippen LogP contribution in [0.25, 0.3) is 0 Å². The Hall–Kier alpha value is -0.940. The average Bonchev–Trinajstić information content (AvgIpc) is 2.39. The van der Waals surface area contributed by atoms with Crippen LogP contribution in [0.15, 0.2) is 22.9 Å². The van der Waals surface area contributed by atoms with Gasteiger partial charge in [0.2, 0.25) is 0 Å². The lowest BCUT2D eigenvalue weighted by Gasteiger charge is -2.35. The summed E-state index contributed by atoms with van der Waals surface area (Å²) in [6.07, 6.45) is 1.68. The van der Waals surface area contributed by atoms with E-state index >= 15 is 0 Å². The summed E-state index contributed by atoms with van der Waals surface area (Å²) in [6.45, 7) is 9.08. The molecule has 1 amide bonds. The molecular weight excluding hydrogens is 306 g/mol. The van der Waals surface area contributed by atoms with Crippen LogP contribution in [0.2, 0.25) is 0 Å². The number of rotatable bonds is 3. The molecule has 0 radical (unpaired) electrons. The number of aromatic nitrogens is 1. The average molecular weight is 326 g/mol. The van der Waals surface area contributed by atoms with Crippen LogP contribution in [0.4, 0.5) is 0 Å². The maximum Gasteiger partial charge on any atom is 0.256 e. The number of hydrogen-bond donors (Lipinski definition) is 0. The van der Waals surface area contributed by atoms with Crippen molar-refractivity contribution in [1.29, 1.82) is 0 Å². The van der Waals surface area contributed by atoms with Crippen LogP contribution in [0.1, 0.15) is 24.2 Å². The Morgan fingerprint density at radius 1 is 1.37 bits per heavy atom. The summed E-state index contributed by atoms with van der Waals surface area (Å²) < 4.78 is 0.629. The second-order valence-corrected chi connectivity index (χ2v) is 6.08. The molecule has 1 aliphatic rings. The molecule has 0 aromatic carbocycles. The topological polar surface area (TPSA) is 36.4 Å². The van der Waals surface area contributed by atoms with Gasteiger partial charge in [0.1, 0.15) is 4.60 Å². The van der Waals surface area contributed by atoms with E-state index in [2.05, 4.69) is 39.7 Å². The zero-order valence-electron chi connectivity index (χ0n) is 11.5. The number of piperazine rings is 1. The summed E-state index contributed by atoms with van der Waals surface area (Å²) in [4.78, 5) is 20.8. The number of amides is 1. The van der Waals surface area contributed by atoms with Gasteiger partial charge in [-0.1, -0.05) is 13.8 Å². The third kappa shape index (κ3) is 3.76. The third-order valence-electron chi connectivity index (χ3n) is 3.27. The van der Waals surface area contributed by atoms with Crippen LogP contribution in [0.3, 0.4) is 0 Å². The zero-order chi connectivity index (χ0) is 13.8. The van der Waals surface area contributed by atoms with Crippen molar-refractivity contribution in [3.05, 3.63) is 28.5 Å². The Bertz CT molecular complexity index is 442. The highest BCUT2D eigenvalue weighted by atomic mass is 79.9. The molecule has 0 saturated carbocycles. The molecule has 1 aromatic heterocycles. The molecular formula is C14H20BrN3O. The molecule has 4 nitrogen and oxygen atoms in total. The summed E-state index contributed by atoms with van der Waals surface area (Å²) in [5, 5.41) is 0. The molecule has 2 rings (SSSR count). The number of carbonyl (C=O) groups excluding carboxylic acids is 1. The highest BCUT2D eigenvalue weighted by molar-refractivity contribution is 9.10. The second-order valence-electron chi connectivity index (χ2n) is 5.33. The fourth-order valence-electron chi connectivity index (χ4n) is 2.37. The van der Waals surface area contributed by atoms with E-state index in [1.165, 1.54) is 0 Å². The number of halogens is 1. The van der Waals surface area contributed by atoms with Crippen LogP contribution in [-0.2, 0) is 0 Å². The Kier molecular flexibility index (Phi) is 4.93. The predicted octanol–water partition coefficient (Wildman–Crippen LogP) is 2.26. The number of carbonyl (C=O) groups is 1. The molecule has 0 atom stereocenters. The van der Waals surface area contributed by atoms with Gasteiger partial charge in [0.25, 0.3) is 5.91 Å². The van der Waals surface area contributed by atoms with Gasteiger partial charge in [-0.15, -0.1) is 0 Å². The molecule has 0 unspecified atom stereocenters. The van der Waals surface area contributed by atoms with E-state index < -0.39 is 0 Å². The van der Waals surface area contributed by atoms with E-state index in [0.29, 0.717) is 16.1 Å². The Morgan fingerprint density at radius 2 is 2.05 bits per heavy atom. The quantitative estimate of drug-likeness (QED) is 0.800. The molecule has 1 aliphatic heterocycles. The smallest absolute Gasteiger partial charge is 0.256 e. The van der Waals surface area contributed by atoms with Crippen LogP contribution in [0, 0.1) is 5.92 Å². The summed E-state index contributed by atoms with van der Waals surface area (Å²) in [6, 6.07) is 3.62. The lowest BCUT2D eigenvalue weighted by Crippen LogP contribution is -2.49. The van der Waals surface area contributed by atoms with Gasteiger partial charge in [-0.05, 0) is 34.0 Å². The minimum absolute atomic E-state index is 0.0733. The molecule has 0 bridgehead atoms. The zero-order valence-corrected chi connectivity index (χ0v) is 13.1. The van der Waals surface area contributed by atoms with Gasteiger partial charge in [0.15, 0.2) is 0 Å². The molecule has 1 saturated heterocycles. The van der Waals surface area contributed by atoms with Crippen molar-refractivity contribution in [2.75, 3.05) is 32.7 Å². The normalized spacial score (nSPS) is 16.9. The van der Waals surface area contributed by atoms with Gasteiger partial charge in [-0.2, -0.15) is 0 Å². The van der Waals surface area contributed by atoms with Crippen LogP contribution in [-0.4, -0.2) is 53.4 Å². The van der Waals surface area contributed by atoms with Crippen molar-refractivity contribution in [1.82, 2.24) is 14.8 Å². The van der Waals surface area contributed by atoms with E-state index in [9.17, 15) is 4.79 Å². The highest BCUT2D eigenvalue weighted by Crippen LogP contribution is 2.16.